The first-order valence-electron chi connectivity index (χ1n) is 6.82. The quantitative estimate of drug-likeness (QED) is 0.716. The average Bonchev–Trinajstić information content (AvgIpc) is 2.46. The third-order valence-corrected chi connectivity index (χ3v) is 4.25. The van der Waals surface area contributed by atoms with Crippen LogP contribution in [0.2, 0.25) is 0 Å². The van der Waals surface area contributed by atoms with Gasteiger partial charge in [-0.3, -0.25) is 4.98 Å². The van der Waals surface area contributed by atoms with Crippen LogP contribution >= 0.6 is 11.8 Å². The maximum absolute atomic E-state index is 5.49. The van der Waals surface area contributed by atoms with Gasteiger partial charge in [0.1, 0.15) is 0 Å². The molecular weight excluding hydrogens is 262 g/mol. The Labute approximate surface area is 125 Å². The fraction of sp³-hybridized carbons (Fsp3) is 0.278. The zero-order valence-corrected chi connectivity index (χ0v) is 12.7. The Kier molecular flexibility index (Phi) is 5.26. The van der Waals surface area contributed by atoms with Gasteiger partial charge in [0.05, 0.1) is 0 Å². The van der Waals surface area contributed by atoms with Gasteiger partial charge in [-0.25, -0.2) is 0 Å². The van der Waals surface area contributed by atoms with Gasteiger partial charge in [-0.05, 0) is 35.6 Å². The molecule has 0 spiro atoms. The molecule has 0 saturated carbocycles. The van der Waals surface area contributed by atoms with Crippen molar-refractivity contribution in [1.29, 1.82) is 0 Å². The highest BCUT2D eigenvalue weighted by Crippen LogP contribution is 2.32. The van der Waals surface area contributed by atoms with Gasteiger partial charge in [0.15, 0.2) is 0 Å². The van der Waals surface area contributed by atoms with E-state index >= 15 is 0 Å². The monoisotopic (exact) mass is 281 g/mol. The third kappa shape index (κ3) is 3.88. The van der Waals surface area contributed by atoms with Crippen LogP contribution in [-0.4, -0.2) is 4.98 Å². The molecule has 0 aliphatic heterocycles. The van der Waals surface area contributed by atoms with Crippen molar-refractivity contribution in [2.45, 2.75) is 36.0 Å². The van der Waals surface area contributed by atoms with E-state index in [4.69, 9.17) is 6.42 Å². The zero-order valence-electron chi connectivity index (χ0n) is 11.9. The van der Waals surface area contributed by atoms with Gasteiger partial charge in [0, 0.05) is 28.6 Å². The van der Waals surface area contributed by atoms with E-state index in [-0.39, 0.29) is 0 Å². The minimum Gasteiger partial charge on any atom is -0.263 e. The van der Waals surface area contributed by atoms with Gasteiger partial charge in [-0.15, -0.1) is 12.3 Å². The summed E-state index contributed by atoms with van der Waals surface area (Å²) in [6.45, 7) is 4.41. The van der Waals surface area contributed by atoms with E-state index in [0.29, 0.717) is 11.8 Å². The van der Waals surface area contributed by atoms with Crippen molar-refractivity contribution in [3.63, 3.8) is 0 Å². The molecule has 0 aliphatic rings. The highest BCUT2D eigenvalue weighted by molar-refractivity contribution is 7.99. The van der Waals surface area contributed by atoms with E-state index in [1.54, 1.807) is 11.8 Å². The van der Waals surface area contributed by atoms with Crippen LogP contribution in [0.1, 0.15) is 31.7 Å². The lowest BCUT2D eigenvalue weighted by Gasteiger charge is -2.19. The van der Waals surface area contributed by atoms with Gasteiger partial charge in [0.25, 0.3) is 0 Å². The van der Waals surface area contributed by atoms with Crippen LogP contribution in [0.15, 0.2) is 58.6 Å². The first kappa shape index (κ1) is 14.7. The molecule has 1 nitrogen and oxygen atoms in total. The molecule has 1 atom stereocenters. The molecule has 2 heteroatoms. The predicted octanol–water partition coefficient (Wildman–Crippen LogP) is 5.00. The summed E-state index contributed by atoms with van der Waals surface area (Å²) in [6, 6.07) is 12.6. The van der Waals surface area contributed by atoms with Gasteiger partial charge in [-0.1, -0.05) is 43.8 Å². The molecule has 1 aromatic carbocycles. The van der Waals surface area contributed by atoms with Crippen molar-refractivity contribution >= 4 is 11.8 Å². The van der Waals surface area contributed by atoms with Crippen LogP contribution in [-0.2, 0) is 0 Å². The summed E-state index contributed by atoms with van der Waals surface area (Å²) >= 11 is 1.73. The first-order valence-corrected chi connectivity index (χ1v) is 7.63. The Morgan fingerprint density at radius 2 is 1.90 bits per heavy atom. The van der Waals surface area contributed by atoms with Crippen LogP contribution in [0.25, 0.3) is 0 Å². The average molecular weight is 281 g/mol. The van der Waals surface area contributed by atoms with Crippen LogP contribution in [0.3, 0.4) is 0 Å². The van der Waals surface area contributed by atoms with Crippen molar-refractivity contribution in [2.24, 2.45) is 5.92 Å². The van der Waals surface area contributed by atoms with Crippen molar-refractivity contribution in [1.82, 2.24) is 4.98 Å². The second kappa shape index (κ2) is 7.17. The van der Waals surface area contributed by atoms with E-state index in [9.17, 15) is 0 Å². The first-order chi connectivity index (χ1) is 9.70. The Bertz CT molecular complexity index is 584. The van der Waals surface area contributed by atoms with E-state index in [2.05, 4.69) is 55.1 Å². The molecule has 0 amide bonds. The fourth-order valence-electron chi connectivity index (χ4n) is 2.18. The normalized spacial score (nSPS) is 12.1. The molecule has 0 aliphatic carbocycles. The van der Waals surface area contributed by atoms with Crippen LogP contribution in [0, 0.1) is 18.3 Å². The van der Waals surface area contributed by atoms with Crippen molar-refractivity contribution < 1.29 is 0 Å². The van der Waals surface area contributed by atoms with E-state index in [1.807, 2.05) is 18.5 Å². The minimum atomic E-state index is 0.379. The molecule has 1 heterocycles. The van der Waals surface area contributed by atoms with Gasteiger partial charge >= 0.3 is 0 Å². The fourth-order valence-corrected chi connectivity index (χ4v) is 3.06. The minimum absolute atomic E-state index is 0.379. The molecule has 0 N–H and O–H groups in total. The van der Waals surface area contributed by atoms with Crippen molar-refractivity contribution in [3.05, 3.63) is 54.4 Å². The van der Waals surface area contributed by atoms with Gasteiger partial charge in [0.2, 0.25) is 0 Å². The summed E-state index contributed by atoms with van der Waals surface area (Å²) in [4.78, 5) is 6.77. The number of hydrogen-bond acceptors (Lipinski definition) is 2. The standard InChI is InChI=1S/C18H19NS/c1-4-8-18(14(2)3)15-11-17(13-19-12-15)20-16-9-6-5-7-10-16/h1,5-7,9-14,18H,8H2,2-3H3. The molecule has 1 unspecified atom stereocenters. The van der Waals surface area contributed by atoms with E-state index in [1.165, 1.54) is 10.5 Å². The lowest BCUT2D eigenvalue weighted by molar-refractivity contribution is 0.505. The molecule has 0 radical (unpaired) electrons. The second-order valence-electron chi connectivity index (χ2n) is 5.13. The smallest absolute Gasteiger partial charge is 0.0407 e. The Morgan fingerprint density at radius 3 is 2.55 bits per heavy atom. The van der Waals surface area contributed by atoms with E-state index in [0.717, 1.165) is 11.3 Å². The maximum atomic E-state index is 5.49. The second-order valence-corrected chi connectivity index (χ2v) is 6.27. The molecule has 0 bridgehead atoms. The molecule has 2 rings (SSSR count). The third-order valence-electron chi connectivity index (χ3n) is 3.28. The summed E-state index contributed by atoms with van der Waals surface area (Å²) in [5.74, 6) is 3.68. The molecular formula is C18H19NS. The SMILES string of the molecule is C#CCC(c1cncc(Sc2ccccc2)c1)C(C)C. The maximum Gasteiger partial charge on any atom is 0.0407 e. The van der Waals surface area contributed by atoms with Crippen LogP contribution < -0.4 is 0 Å². The van der Waals surface area contributed by atoms with Gasteiger partial charge < -0.3 is 0 Å². The number of rotatable bonds is 5. The number of hydrogen-bond donors (Lipinski definition) is 0. The van der Waals surface area contributed by atoms with Crippen LogP contribution in [0.4, 0.5) is 0 Å². The molecule has 1 aromatic heterocycles. The summed E-state index contributed by atoms with van der Waals surface area (Å²) in [5, 5.41) is 0. The predicted molar refractivity (Wildman–Crippen MR) is 85.8 cm³/mol. The largest absolute Gasteiger partial charge is 0.263 e. The molecule has 102 valence electrons. The lowest BCUT2D eigenvalue weighted by Crippen LogP contribution is -2.06. The summed E-state index contributed by atoms with van der Waals surface area (Å²) in [7, 11) is 0. The Morgan fingerprint density at radius 1 is 1.15 bits per heavy atom. The number of terminal acetylenes is 1. The van der Waals surface area contributed by atoms with E-state index < -0.39 is 0 Å². The summed E-state index contributed by atoms with van der Waals surface area (Å²) in [6.07, 6.45) is 10.1. The number of pyridine rings is 1. The number of aromatic nitrogens is 1. The Balaban J connectivity index is 2.21. The van der Waals surface area contributed by atoms with Gasteiger partial charge in [-0.2, -0.15) is 0 Å². The summed E-state index contributed by atoms with van der Waals surface area (Å²) in [5.41, 5.74) is 1.24. The van der Waals surface area contributed by atoms with Crippen molar-refractivity contribution in [2.75, 3.05) is 0 Å². The lowest BCUT2D eigenvalue weighted by atomic mass is 9.87. The number of benzene rings is 1. The zero-order chi connectivity index (χ0) is 14.4. The Hall–Kier alpha value is -1.72. The molecule has 20 heavy (non-hydrogen) atoms. The molecule has 0 fully saturated rings. The molecule has 2 aromatic rings. The van der Waals surface area contributed by atoms with Crippen molar-refractivity contribution in [3.8, 4) is 12.3 Å². The number of nitrogens with zero attached hydrogens (tertiary/aromatic N) is 1. The molecule has 0 saturated heterocycles. The highest BCUT2D eigenvalue weighted by atomic mass is 32.2. The highest BCUT2D eigenvalue weighted by Gasteiger charge is 2.15. The van der Waals surface area contributed by atoms with Crippen LogP contribution in [0.5, 0.6) is 0 Å². The summed E-state index contributed by atoms with van der Waals surface area (Å²) < 4.78 is 0. The topological polar surface area (TPSA) is 12.9 Å².